The summed E-state index contributed by atoms with van der Waals surface area (Å²) in [5.41, 5.74) is 3.14. The molecule has 0 fully saturated rings. The largest absolute Gasteiger partial charge is 0.489 e. The van der Waals surface area contributed by atoms with Crippen LogP contribution >= 0.6 is 23.2 Å². The number of carbonyl (C=O) groups excluding carboxylic acids is 1. The number of rotatable bonds is 7. The Bertz CT molecular complexity index is 915. The molecule has 0 aliphatic heterocycles. The molecule has 0 saturated heterocycles. The molecular formula is C15H13Cl2N3O6. The summed E-state index contributed by atoms with van der Waals surface area (Å²) >= 11 is 11.8. The average Bonchev–Trinajstić information content (AvgIpc) is 2.57. The van der Waals surface area contributed by atoms with Crippen LogP contribution in [0.2, 0.25) is 10.0 Å². The van der Waals surface area contributed by atoms with E-state index in [0.29, 0.717) is 5.02 Å². The third-order valence-corrected chi connectivity index (χ3v) is 3.83. The number of nitrogens with zero attached hydrogens (tertiary/aromatic N) is 2. The minimum Gasteiger partial charge on any atom is -0.489 e. The minimum absolute atomic E-state index is 0.224. The van der Waals surface area contributed by atoms with Gasteiger partial charge in [-0.15, -0.1) is 0 Å². The first-order valence-corrected chi connectivity index (χ1v) is 7.89. The maximum atomic E-state index is 12.1. The summed E-state index contributed by atoms with van der Waals surface area (Å²) in [4.78, 5) is 33.6. The summed E-state index contributed by atoms with van der Waals surface area (Å²) in [6, 6.07) is 5.30. The van der Waals surface area contributed by atoms with E-state index in [4.69, 9.17) is 33.7 Å². The van der Waals surface area contributed by atoms with E-state index in [2.05, 4.69) is 0 Å². The van der Waals surface area contributed by atoms with Crippen LogP contribution in [0.1, 0.15) is 10.4 Å². The number of amides is 1. The van der Waals surface area contributed by atoms with Crippen molar-refractivity contribution in [1.29, 1.82) is 0 Å². The Morgan fingerprint density at radius 3 is 2.69 bits per heavy atom. The van der Waals surface area contributed by atoms with Crippen LogP contribution in [0.15, 0.2) is 35.3 Å². The summed E-state index contributed by atoms with van der Waals surface area (Å²) in [6.45, 7) is -0.639. The number of hydrogen-bond acceptors (Lipinski definition) is 6. The Morgan fingerprint density at radius 2 is 2.08 bits per heavy atom. The molecule has 2 aromatic rings. The van der Waals surface area contributed by atoms with Crippen LogP contribution in [0, 0.1) is 10.1 Å². The second-order valence-corrected chi connectivity index (χ2v) is 6.07. The average molecular weight is 402 g/mol. The molecule has 26 heavy (non-hydrogen) atoms. The molecule has 2 rings (SSSR count). The number of ether oxygens (including phenoxy) is 1. The summed E-state index contributed by atoms with van der Waals surface area (Å²) < 4.78 is 6.16. The van der Waals surface area contributed by atoms with Gasteiger partial charge in [0.25, 0.3) is 17.2 Å². The number of carbonyl (C=O) groups is 1. The van der Waals surface area contributed by atoms with Gasteiger partial charge in [-0.05, 0) is 12.1 Å². The van der Waals surface area contributed by atoms with Gasteiger partial charge in [-0.25, -0.2) is 0 Å². The fraction of sp³-hybridized carbons (Fsp3) is 0.200. The van der Waals surface area contributed by atoms with Crippen molar-refractivity contribution in [2.45, 2.75) is 12.6 Å². The first kappa shape index (κ1) is 19.7. The van der Waals surface area contributed by atoms with Gasteiger partial charge in [-0.1, -0.05) is 23.2 Å². The number of aliphatic hydroxyl groups is 1. The lowest BCUT2D eigenvalue weighted by atomic mass is 10.2. The quantitative estimate of drug-likeness (QED) is 0.533. The molecule has 0 aliphatic carbocycles. The highest BCUT2D eigenvalue weighted by Gasteiger charge is 2.19. The van der Waals surface area contributed by atoms with E-state index < -0.39 is 33.7 Å². The molecule has 1 atom stereocenters. The zero-order chi connectivity index (χ0) is 19.4. The van der Waals surface area contributed by atoms with Gasteiger partial charge in [0.2, 0.25) is 0 Å². The van der Waals surface area contributed by atoms with E-state index in [9.17, 15) is 24.8 Å². The molecule has 1 unspecified atom stereocenters. The van der Waals surface area contributed by atoms with Gasteiger partial charge in [-0.3, -0.25) is 19.7 Å². The molecule has 0 spiro atoms. The second kappa shape index (κ2) is 8.17. The summed E-state index contributed by atoms with van der Waals surface area (Å²) in [5, 5.41) is 21.6. The van der Waals surface area contributed by atoms with E-state index in [0.717, 1.165) is 16.8 Å². The van der Waals surface area contributed by atoms with Crippen molar-refractivity contribution >= 4 is 34.8 Å². The minimum atomic E-state index is -1.23. The number of aliphatic hydroxyl groups excluding tert-OH is 1. The van der Waals surface area contributed by atoms with Crippen molar-refractivity contribution in [3.8, 4) is 5.75 Å². The monoisotopic (exact) mass is 401 g/mol. The predicted molar refractivity (Wildman–Crippen MR) is 93.8 cm³/mol. The Labute approximate surface area is 156 Å². The number of benzene rings is 1. The van der Waals surface area contributed by atoms with Crippen molar-refractivity contribution in [3.05, 3.63) is 66.5 Å². The first-order chi connectivity index (χ1) is 12.2. The third kappa shape index (κ3) is 4.72. The van der Waals surface area contributed by atoms with Crippen LogP contribution in [0.25, 0.3) is 0 Å². The molecule has 9 nitrogen and oxygen atoms in total. The fourth-order valence-corrected chi connectivity index (χ4v) is 2.42. The number of aromatic nitrogens is 1. The topological polar surface area (TPSA) is 138 Å². The first-order valence-electron chi connectivity index (χ1n) is 7.13. The third-order valence-electron chi connectivity index (χ3n) is 3.28. The Balaban J connectivity index is 2.19. The normalized spacial score (nSPS) is 11.8. The van der Waals surface area contributed by atoms with Crippen LogP contribution in [0.4, 0.5) is 5.69 Å². The molecule has 3 N–H and O–H groups in total. The highest BCUT2D eigenvalue weighted by atomic mass is 35.5. The SMILES string of the molecule is NC(=O)c1cc([N+](=O)[O-])cn(CC(O)COc2cc(Cl)ccc2Cl)c1=O. The summed E-state index contributed by atoms with van der Waals surface area (Å²) in [7, 11) is 0. The zero-order valence-electron chi connectivity index (χ0n) is 13.1. The lowest BCUT2D eigenvalue weighted by Gasteiger charge is -2.15. The van der Waals surface area contributed by atoms with E-state index in [1.807, 2.05) is 0 Å². The molecule has 0 bridgehead atoms. The van der Waals surface area contributed by atoms with E-state index in [-0.39, 0.29) is 23.9 Å². The van der Waals surface area contributed by atoms with Crippen LogP contribution < -0.4 is 16.0 Å². The zero-order valence-corrected chi connectivity index (χ0v) is 14.6. The summed E-state index contributed by atoms with van der Waals surface area (Å²) in [6.07, 6.45) is -0.324. The molecule has 0 saturated carbocycles. The van der Waals surface area contributed by atoms with Gasteiger partial charge in [0.1, 0.15) is 24.0 Å². The van der Waals surface area contributed by atoms with Gasteiger partial charge >= 0.3 is 0 Å². The fourth-order valence-electron chi connectivity index (χ4n) is 2.09. The Hall–Kier alpha value is -2.62. The van der Waals surface area contributed by atoms with E-state index in [1.165, 1.54) is 12.1 Å². The molecule has 1 aromatic heterocycles. The molecular weight excluding hydrogens is 389 g/mol. The lowest BCUT2D eigenvalue weighted by Crippen LogP contribution is -2.34. The maximum absolute atomic E-state index is 12.1. The van der Waals surface area contributed by atoms with Gasteiger partial charge < -0.3 is 20.1 Å². The van der Waals surface area contributed by atoms with Crippen LogP contribution in [0.5, 0.6) is 5.75 Å². The van der Waals surface area contributed by atoms with Crippen LogP contribution in [-0.2, 0) is 6.54 Å². The smallest absolute Gasteiger partial charge is 0.286 e. The van der Waals surface area contributed by atoms with E-state index in [1.54, 1.807) is 6.07 Å². The van der Waals surface area contributed by atoms with Gasteiger partial charge in [0.15, 0.2) is 0 Å². The highest BCUT2D eigenvalue weighted by Crippen LogP contribution is 2.27. The van der Waals surface area contributed by atoms with Crippen LogP contribution in [0.3, 0.4) is 0 Å². The van der Waals surface area contributed by atoms with Gasteiger partial charge in [0.05, 0.1) is 22.7 Å². The number of hydrogen-bond donors (Lipinski definition) is 2. The van der Waals surface area contributed by atoms with Crippen LogP contribution in [-0.4, -0.2) is 33.2 Å². The number of nitro groups is 1. The highest BCUT2D eigenvalue weighted by molar-refractivity contribution is 6.34. The van der Waals surface area contributed by atoms with Gasteiger partial charge in [0, 0.05) is 17.2 Å². The second-order valence-electron chi connectivity index (χ2n) is 5.23. The van der Waals surface area contributed by atoms with Crippen molar-refractivity contribution in [1.82, 2.24) is 4.57 Å². The lowest BCUT2D eigenvalue weighted by molar-refractivity contribution is -0.385. The number of pyridine rings is 1. The molecule has 1 amide bonds. The van der Waals surface area contributed by atoms with Crippen molar-refractivity contribution < 1.29 is 19.6 Å². The summed E-state index contributed by atoms with van der Waals surface area (Å²) in [5.74, 6) is -0.883. The number of primary amides is 1. The molecule has 1 heterocycles. The van der Waals surface area contributed by atoms with E-state index >= 15 is 0 Å². The Kier molecular flexibility index (Phi) is 6.19. The number of nitrogens with two attached hydrogens (primary N) is 1. The molecule has 11 heteroatoms. The maximum Gasteiger partial charge on any atom is 0.286 e. The molecule has 0 aliphatic rings. The van der Waals surface area contributed by atoms with Crippen molar-refractivity contribution in [2.24, 2.45) is 5.73 Å². The molecule has 1 aromatic carbocycles. The van der Waals surface area contributed by atoms with Gasteiger partial charge in [-0.2, -0.15) is 0 Å². The standard InChI is InChI=1S/C15H13Cl2N3O6/c16-8-1-2-12(17)13(3-8)26-7-10(21)6-19-5-9(20(24)25)4-11(14(18)22)15(19)23/h1-5,10,21H,6-7H2,(H2,18,22). The predicted octanol–water partition coefficient (Wildman–Crippen LogP) is 1.60. The Morgan fingerprint density at radius 1 is 1.38 bits per heavy atom. The molecule has 138 valence electrons. The van der Waals surface area contributed by atoms with Crippen molar-refractivity contribution in [2.75, 3.05) is 6.61 Å². The van der Waals surface area contributed by atoms with Crippen molar-refractivity contribution in [3.63, 3.8) is 0 Å². The molecule has 0 radical (unpaired) electrons. The number of halogens is 2.